The van der Waals surface area contributed by atoms with E-state index in [1.54, 1.807) is 16.7 Å². The summed E-state index contributed by atoms with van der Waals surface area (Å²) in [7, 11) is 1.84. The molecule has 1 aromatic heterocycles. The summed E-state index contributed by atoms with van der Waals surface area (Å²) in [5.41, 5.74) is 0.671. The van der Waals surface area contributed by atoms with E-state index in [4.69, 9.17) is 25.8 Å². The van der Waals surface area contributed by atoms with Gasteiger partial charge in [0.25, 0.3) is 5.79 Å². The summed E-state index contributed by atoms with van der Waals surface area (Å²) in [4.78, 5) is 12.5. The number of fused-ring (bicyclic) bond motifs is 1. The number of nitrogens with one attached hydrogen (secondary N) is 1. The minimum atomic E-state index is -0.515. The topological polar surface area (TPSA) is 87.5 Å². The van der Waals surface area contributed by atoms with Gasteiger partial charge in [-0.3, -0.25) is 4.79 Å². The molecule has 0 bridgehead atoms. The van der Waals surface area contributed by atoms with Gasteiger partial charge in [0.1, 0.15) is 12.4 Å². The van der Waals surface area contributed by atoms with E-state index < -0.39 is 5.79 Å². The van der Waals surface area contributed by atoms with Crippen LogP contribution in [0.3, 0.4) is 0 Å². The summed E-state index contributed by atoms with van der Waals surface area (Å²) >= 11 is 7.42. The van der Waals surface area contributed by atoms with Crippen molar-refractivity contribution in [3.8, 4) is 17.2 Å². The van der Waals surface area contributed by atoms with Crippen LogP contribution in [0.1, 0.15) is 31.5 Å². The van der Waals surface area contributed by atoms with Crippen LogP contribution >= 0.6 is 23.4 Å². The van der Waals surface area contributed by atoms with Crippen molar-refractivity contribution < 1.29 is 19.0 Å². The standard InChI is InChI=1S/C23H23ClN4O4S/c1-28-20(13-30-17-7-3-2-6-16(17)24)26-27-22(28)33-14-21(29)25-15-8-9-18-19(12-15)32-23(31-18)10-4-5-11-23/h2-3,6-9,12H,4-5,10-11,13-14H2,1H3,(H,25,29). The Balaban J connectivity index is 1.14. The molecule has 1 N–H and O–H groups in total. The largest absolute Gasteiger partial charge is 0.484 e. The second kappa shape index (κ2) is 9.15. The van der Waals surface area contributed by atoms with Crippen LogP contribution in [0.4, 0.5) is 5.69 Å². The molecule has 0 atom stereocenters. The molecule has 5 rings (SSSR count). The van der Waals surface area contributed by atoms with Gasteiger partial charge in [-0.25, -0.2) is 0 Å². The maximum atomic E-state index is 12.5. The number of hydrogen-bond acceptors (Lipinski definition) is 7. The van der Waals surface area contributed by atoms with Gasteiger partial charge in [0.2, 0.25) is 5.91 Å². The van der Waals surface area contributed by atoms with Gasteiger partial charge in [-0.15, -0.1) is 10.2 Å². The van der Waals surface area contributed by atoms with Gasteiger partial charge in [-0.1, -0.05) is 35.5 Å². The fourth-order valence-corrected chi connectivity index (χ4v) is 4.84. The number of hydrogen-bond donors (Lipinski definition) is 1. The summed E-state index contributed by atoms with van der Waals surface area (Å²) in [6.45, 7) is 0.221. The Hall–Kier alpha value is -2.91. The quantitative estimate of drug-likeness (QED) is 0.479. The van der Waals surface area contributed by atoms with Crippen molar-refractivity contribution in [2.45, 2.75) is 43.2 Å². The van der Waals surface area contributed by atoms with E-state index in [9.17, 15) is 4.79 Å². The number of nitrogens with zero attached hydrogens (tertiary/aromatic N) is 3. The molecule has 0 unspecified atom stereocenters. The molecular weight excluding hydrogens is 464 g/mol. The van der Waals surface area contributed by atoms with E-state index in [-0.39, 0.29) is 18.3 Å². The monoisotopic (exact) mass is 486 g/mol. The first kappa shape index (κ1) is 21.9. The van der Waals surface area contributed by atoms with Crippen LogP contribution in [0.25, 0.3) is 0 Å². The highest BCUT2D eigenvalue weighted by atomic mass is 35.5. The third-order valence-corrected chi connectivity index (χ3v) is 6.97. The number of thioether (sulfide) groups is 1. The van der Waals surface area contributed by atoms with E-state index in [0.29, 0.717) is 33.2 Å². The second-order valence-corrected chi connectivity index (χ2v) is 9.35. The van der Waals surface area contributed by atoms with Gasteiger partial charge >= 0.3 is 0 Å². The number of halogens is 1. The fourth-order valence-electron chi connectivity index (χ4n) is 3.92. The molecule has 0 saturated heterocycles. The highest BCUT2D eigenvalue weighted by molar-refractivity contribution is 7.99. The number of rotatable bonds is 7. The third kappa shape index (κ3) is 4.74. The van der Waals surface area contributed by atoms with Crippen LogP contribution in [0.5, 0.6) is 17.2 Å². The minimum Gasteiger partial charge on any atom is -0.484 e. The lowest BCUT2D eigenvalue weighted by Gasteiger charge is -2.21. The zero-order valence-corrected chi connectivity index (χ0v) is 19.6. The second-order valence-electron chi connectivity index (χ2n) is 8.00. The van der Waals surface area contributed by atoms with Crippen molar-refractivity contribution in [3.05, 3.63) is 53.3 Å². The van der Waals surface area contributed by atoms with Gasteiger partial charge in [0.05, 0.1) is 10.8 Å². The average Bonchev–Trinajstić information content (AvgIpc) is 3.50. The molecule has 1 aliphatic heterocycles. The van der Waals surface area contributed by atoms with Crippen LogP contribution in [0, 0.1) is 0 Å². The minimum absolute atomic E-state index is 0.147. The van der Waals surface area contributed by atoms with E-state index in [1.807, 2.05) is 37.4 Å². The zero-order chi connectivity index (χ0) is 22.8. The molecule has 33 heavy (non-hydrogen) atoms. The lowest BCUT2D eigenvalue weighted by atomic mass is 10.2. The number of ether oxygens (including phenoxy) is 3. The third-order valence-electron chi connectivity index (χ3n) is 5.64. The first-order valence-electron chi connectivity index (χ1n) is 10.7. The summed E-state index contributed by atoms with van der Waals surface area (Å²) in [5.74, 6) is 2.16. The van der Waals surface area contributed by atoms with Crippen molar-refractivity contribution in [1.82, 2.24) is 14.8 Å². The van der Waals surface area contributed by atoms with Gasteiger partial charge in [0.15, 0.2) is 22.5 Å². The fraction of sp³-hybridized carbons (Fsp3) is 0.348. The number of para-hydroxylation sites is 1. The molecule has 8 nitrogen and oxygen atoms in total. The highest BCUT2D eigenvalue weighted by Gasteiger charge is 2.44. The van der Waals surface area contributed by atoms with E-state index in [2.05, 4.69) is 15.5 Å². The number of aromatic nitrogens is 3. The van der Waals surface area contributed by atoms with Gasteiger partial charge in [-0.2, -0.15) is 0 Å². The SMILES string of the molecule is Cn1c(COc2ccccc2Cl)nnc1SCC(=O)Nc1ccc2c(c1)OC1(CCCC1)O2. The summed E-state index contributed by atoms with van der Waals surface area (Å²) in [6.07, 6.45) is 3.99. The van der Waals surface area contributed by atoms with Gasteiger partial charge in [0, 0.05) is 31.6 Å². The normalized spacial score (nSPS) is 15.7. The lowest BCUT2D eigenvalue weighted by molar-refractivity contribution is -0.113. The Bertz CT molecular complexity index is 1180. The number of benzene rings is 2. The van der Waals surface area contributed by atoms with Crippen LogP contribution in [-0.4, -0.2) is 32.2 Å². The molecule has 1 saturated carbocycles. The highest BCUT2D eigenvalue weighted by Crippen LogP contribution is 2.47. The molecule has 2 aliphatic rings. The van der Waals surface area contributed by atoms with Crippen molar-refractivity contribution in [2.24, 2.45) is 7.05 Å². The van der Waals surface area contributed by atoms with Gasteiger partial charge in [-0.05, 0) is 37.1 Å². The van der Waals surface area contributed by atoms with E-state index >= 15 is 0 Å². The molecule has 1 fully saturated rings. The maximum Gasteiger partial charge on any atom is 0.251 e. The summed E-state index contributed by atoms with van der Waals surface area (Å²) in [6, 6.07) is 12.7. The Morgan fingerprint density at radius 3 is 2.79 bits per heavy atom. The van der Waals surface area contributed by atoms with Crippen molar-refractivity contribution in [1.29, 1.82) is 0 Å². The summed E-state index contributed by atoms with van der Waals surface area (Å²) < 4.78 is 19.6. The predicted octanol–water partition coefficient (Wildman–Crippen LogP) is 4.82. The van der Waals surface area contributed by atoms with Crippen LogP contribution in [0.15, 0.2) is 47.6 Å². The molecule has 0 radical (unpaired) electrons. The Morgan fingerprint density at radius 2 is 1.97 bits per heavy atom. The molecule has 3 aromatic rings. The van der Waals surface area contributed by atoms with Crippen LogP contribution < -0.4 is 19.5 Å². The van der Waals surface area contributed by atoms with E-state index in [1.165, 1.54) is 11.8 Å². The number of carbonyl (C=O) groups excluding carboxylic acids is 1. The maximum absolute atomic E-state index is 12.5. The molecule has 172 valence electrons. The smallest absolute Gasteiger partial charge is 0.251 e. The lowest BCUT2D eigenvalue weighted by Crippen LogP contribution is -2.34. The first-order valence-corrected chi connectivity index (χ1v) is 12.1. The molecule has 1 amide bonds. The molecule has 2 heterocycles. The van der Waals surface area contributed by atoms with Crippen molar-refractivity contribution in [3.63, 3.8) is 0 Å². The zero-order valence-electron chi connectivity index (χ0n) is 18.0. The molecular formula is C23H23ClN4O4S. The van der Waals surface area contributed by atoms with Crippen LogP contribution in [0.2, 0.25) is 5.02 Å². The van der Waals surface area contributed by atoms with E-state index in [0.717, 1.165) is 31.4 Å². The molecule has 1 aliphatic carbocycles. The Kier molecular flexibility index (Phi) is 6.07. The molecule has 10 heteroatoms. The first-order chi connectivity index (χ1) is 16.0. The molecule has 1 spiro atoms. The Labute approximate surface area is 200 Å². The van der Waals surface area contributed by atoms with Crippen LogP contribution in [-0.2, 0) is 18.4 Å². The molecule has 2 aromatic carbocycles. The van der Waals surface area contributed by atoms with Crippen molar-refractivity contribution >= 4 is 35.0 Å². The Morgan fingerprint density at radius 1 is 1.18 bits per heavy atom. The van der Waals surface area contributed by atoms with Gasteiger partial charge < -0.3 is 24.1 Å². The van der Waals surface area contributed by atoms with Crippen molar-refractivity contribution in [2.75, 3.05) is 11.1 Å². The predicted molar refractivity (Wildman–Crippen MR) is 125 cm³/mol. The average molecular weight is 487 g/mol. The number of carbonyl (C=O) groups is 1. The number of amides is 1. The summed E-state index contributed by atoms with van der Waals surface area (Å²) in [5, 5.41) is 12.4. The number of anilines is 1.